The summed E-state index contributed by atoms with van der Waals surface area (Å²) in [5, 5.41) is 3.38. The molecular weight excluding hydrogens is 172 g/mol. The van der Waals surface area contributed by atoms with E-state index in [1.54, 1.807) is 0 Å². The summed E-state index contributed by atoms with van der Waals surface area (Å²) in [4.78, 5) is 4.36. The zero-order chi connectivity index (χ0) is 9.38. The number of nitrogens with zero attached hydrogens (tertiary/aromatic N) is 1. The van der Waals surface area contributed by atoms with Crippen molar-refractivity contribution in [2.24, 2.45) is 0 Å². The summed E-state index contributed by atoms with van der Waals surface area (Å²) in [7, 11) is 0. The van der Waals surface area contributed by atoms with Crippen molar-refractivity contribution < 1.29 is 0 Å². The number of aromatic nitrogens is 1. The minimum atomic E-state index is 0.930. The van der Waals surface area contributed by atoms with Crippen LogP contribution in [0.4, 0.5) is 11.4 Å². The van der Waals surface area contributed by atoms with Crippen LogP contribution in [0.5, 0.6) is 0 Å². The lowest BCUT2D eigenvalue weighted by Crippen LogP contribution is -2.07. The van der Waals surface area contributed by atoms with Crippen molar-refractivity contribution in [1.82, 2.24) is 4.98 Å². The van der Waals surface area contributed by atoms with Gasteiger partial charge in [-0.2, -0.15) is 0 Å². The number of pyridine rings is 1. The van der Waals surface area contributed by atoms with Gasteiger partial charge in [0.25, 0.3) is 0 Å². The van der Waals surface area contributed by atoms with E-state index in [4.69, 9.17) is 0 Å². The molecule has 0 spiro atoms. The minimum Gasteiger partial charge on any atom is -0.354 e. The van der Waals surface area contributed by atoms with Gasteiger partial charge in [0.1, 0.15) is 0 Å². The van der Waals surface area contributed by atoms with Gasteiger partial charge >= 0.3 is 0 Å². The fraction of sp³-hybridized carbons (Fsp3) is 0.0833. The molecule has 2 aromatic rings. The maximum atomic E-state index is 4.36. The SMILES string of the molecule is c1ccc2c(c1)Cc1ncccc1N2. The number of hydrogen-bond acceptors (Lipinski definition) is 2. The summed E-state index contributed by atoms with van der Waals surface area (Å²) < 4.78 is 0. The molecule has 0 amide bonds. The molecule has 0 unspecified atom stereocenters. The Balaban J connectivity index is 2.12. The van der Waals surface area contributed by atoms with Gasteiger partial charge in [0, 0.05) is 18.3 Å². The molecule has 1 N–H and O–H groups in total. The summed E-state index contributed by atoms with van der Waals surface area (Å²) in [5.41, 5.74) is 4.78. The molecule has 2 heteroatoms. The van der Waals surface area contributed by atoms with Crippen LogP contribution < -0.4 is 5.32 Å². The van der Waals surface area contributed by atoms with Crippen LogP contribution in [-0.4, -0.2) is 4.98 Å². The molecule has 0 radical (unpaired) electrons. The first-order chi connectivity index (χ1) is 6.93. The first kappa shape index (κ1) is 7.56. The van der Waals surface area contributed by atoms with E-state index >= 15 is 0 Å². The third kappa shape index (κ3) is 1.08. The highest BCUT2D eigenvalue weighted by Gasteiger charge is 2.13. The fourth-order valence-electron chi connectivity index (χ4n) is 1.81. The molecule has 0 saturated heterocycles. The molecule has 0 saturated carbocycles. The standard InChI is InChI=1S/C12H10N2/c1-2-5-10-9(4-1)8-12-11(14-10)6-3-7-13-12/h1-7,14H,8H2. The largest absolute Gasteiger partial charge is 0.354 e. The van der Waals surface area contributed by atoms with E-state index in [-0.39, 0.29) is 0 Å². The van der Waals surface area contributed by atoms with Gasteiger partial charge in [0.2, 0.25) is 0 Å². The molecule has 14 heavy (non-hydrogen) atoms. The van der Waals surface area contributed by atoms with Crippen LogP contribution in [0.2, 0.25) is 0 Å². The van der Waals surface area contributed by atoms with Crippen molar-refractivity contribution in [1.29, 1.82) is 0 Å². The van der Waals surface area contributed by atoms with Crippen molar-refractivity contribution in [3.8, 4) is 0 Å². The minimum absolute atomic E-state index is 0.930. The van der Waals surface area contributed by atoms with Crippen LogP contribution >= 0.6 is 0 Å². The smallest absolute Gasteiger partial charge is 0.0682 e. The second-order valence-corrected chi connectivity index (χ2v) is 3.46. The summed E-state index contributed by atoms with van der Waals surface area (Å²) in [6.07, 6.45) is 2.77. The first-order valence-electron chi connectivity index (χ1n) is 4.72. The number of rotatable bonds is 0. The van der Waals surface area contributed by atoms with Gasteiger partial charge in [-0.15, -0.1) is 0 Å². The van der Waals surface area contributed by atoms with Crippen molar-refractivity contribution in [3.63, 3.8) is 0 Å². The van der Waals surface area contributed by atoms with Crippen molar-refractivity contribution >= 4 is 11.4 Å². The zero-order valence-corrected chi connectivity index (χ0v) is 7.70. The maximum absolute atomic E-state index is 4.36. The summed E-state index contributed by atoms with van der Waals surface area (Å²) in [6.45, 7) is 0. The number of nitrogens with one attached hydrogen (secondary N) is 1. The first-order valence-corrected chi connectivity index (χ1v) is 4.72. The predicted molar refractivity (Wildman–Crippen MR) is 56.8 cm³/mol. The Kier molecular flexibility index (Phi) is 1.53. The lowest BCUT2D eigenvalue weighted by atomic mass is 10.0. The van der Waals surface area contributed by atoms with E-state index in [1.165, 1.54) is 11.3 Å². The second kappa shape index (κ2) is 2.84. The van der Waals surface area contributed by atoms with Gasteiger partial charge in [-0.1, -0.05) is 18.2 Å². The van der Waals surface area contributed by atoms with E-state index in [9.17, 15) is 0 Å². The lowest BCUT2D eigenvalue weighted by molar-refractivity contribution is 1.05. The third-order valence-corrected chi connectivity index (χ3v) is 2.53. The quantitative estimate of drug-likeness (QED) is 0.578. The molecule has 0 fully saturated rings. The predicted octanol–water partition coefficient (Wildman–Crippen LogP) is 2.73. The Morgan fingerprint density at radius 2 is 1.86 bits per heavy atom. The van der Waals surface area contributed by atoms with Gasteiger partial charge < -0.3 is 5.32 Å². The van der Waals surface area contributed by atoms with Crippen LogP contribution in [-0.2, 0) is 6.42 Å². The number of fused-ring (bicyclic) bond motifs is 2. The van der Waals surface area contributed by atoms with E-state index in [0.717, 1.165) is 17.8 Å². The normalized spacial score (nSPS) is 12.6. The molecule has 2 heterocycles. The molecule has 1 aliphatic rings. The van der Waals surface area contributed by atoms with Crippen LogP contribution in [0.25, 0.3) is 0 Å². The Hall–Kier alpha value is -1.83. The second-order valence-electron chi connectivity index (χ2n) is 3.46. The average molecular weight is 182 g/mol. The van der Waals surface area contributed by atoms with Crippen molar-refractivity contribution in [2.75, 3.05) is 5.32 Å². The zero-order valence-electron chi connectivity index (χ0n) is 7.70. The van der Waals surface area contributed by atoms with Crippen LogP contribution in [0.3, 0.4) is 0 Å². The molecule has 1 aliphatic heterocycles. The monoisotopic (exact) mass is 182 g/mol. The van der Waals surface area contributed by atoms with Gasteiger partial charge in [0.05, 0.1) is 11.4 Å². The fourth-order valence-corrected chi connectivity index (χ4v) is 1.81. The lowest BCUT2D eigenvalue weighted by Gasteiger charge is -2.19. The van der Waals surface area contributed by atoms with Crippen LogP contribution in [0, 0.1) is 0 Å². The highest BCUT2D eigenvalue weighted by atomic mass is 14.9. The Morgan fingerprint density at radius 1 is 1.00 bits per heavy atom. The number of benzene rings is 1. The molecule has 0 atom stereocenters. The number of hydrogen-bond donors (Lipinski definition) is 1. The van der Waals surface area contributed by atoms with Gasteiger partial charge in [-0.05, 0) is 23.8 Å². The van der Waals surface area contributed by atoms with Gasteiger partial charge in [-0.25, -0.2) is 0 Å². The molecule has 0 aliphatic carbocycles. The van der Waals surface area contributed by atoms with E-state index < -0.39 is 0 Å². The van der Waals surface area contributed by atoms with E-state index in [0.29, 0.717) is 0 Å². The average Bonchev–Trinajstić information content (AvgIpc) is 2.26. The molecule has 1 aromatic heterocycles. The Bertz CT molecular complexity index is 390. The van der Waals surface area contributed by atoms with E-state index in [2.05, 4.69) is 34.6 Å². The number of anilines is 2. The van der Waals surface area contributed by atoms with E-state index in [1.807, 2.05) is 18.3 Å². The molecule has 3 rings (SSSR count). The molecule has 2 nitrogen and oxygen atoms in total. The highest BCUT2D eigenvalue weighted by molar-refractivity contribution is 5.69. The van der Waals surface area contributed by atoms with Crippen LogP contribution in [0.1, 0.15) is 11.3 Å². The van der Waals surface area contributed by atoms with Gasteiger partial charge in [-0.3, -0.25) is 4.98 Å². The Morgan fingerprint density at radius 3 is 2.86 bits per heavy atom. The maximum Gasteiger partial charge on any atom is 0.0682 e. The van der Waals surface area contributed by atoms with Crippen molar-refractivity contribution in [2.45, 2.75) is 6.42 Å². The molecule has 0 bridgehead atoms. The molecular formula is C12H10N2. The molecule has 1 aromatic carbocycles. The summed E-state index contributed by atoms with van der Waals surface area (Å²) >= 11 is 0. The molecule has 68 valence electrons. The topological polar surface area (TPSA) is 24.9 Å². The van der Waals surface area contributed by atoms with Crippen LogP contribution in [0.15, 0.2) is 42.6 Å². The van der Waals surface area contributed by atoms with Gasteiger partial charge in [0.15, 0.2) is 0 Å². The number of para-hydroxylation sites is 1. The highest BCUT2D eigenvalue weighted by Crippen LogP contribution is 2.30. The summed E-state index contributed by atoms with van der Waals surface area (Å²) in [6, 6.07) is 12.4. The Labute approximate surface area is 82.6 Å². The summed E-state index contributed by atoms with van der Waals surface area (Å²) in [5.74, 6) is 0. The third-order valence-electron chi connectivity index (χ3n) is 2.53. The van der Waals surface area contributed by atoms with Crippen molar-refractivity contribution in [3.05, 3.63) is 53.9 Å².